The first kappa shape index (κ1) is 21.1. The molecule has 0 aliphatic carbocycles. The van der Waals surface area contributed by atoms with Crippen LogP contribution in [0.25, 0.3) is 0 Å². The lowest BCUT2D eigenvalue weighted by Gasteiger charge is -2.18. The number of nitrogens with zero attached hydrogens (tertiary/aromatic N) is 1. The lowest BCUT2D eigenvalue weighted by molar-refractivity contribution is 0.0599. The normalized spacial score (nSPS) is 12.4. The standard InChI is InChI=1S/C17H19N3O7S/c1-25-10-8-13(18-14(9-10)26-2)19-17(22)20-15(28(23)24)11-6-4-5-7-12(11)16(21)27-3/h4-9,15H,1-3H3,(H,23,24)(H2,18,19,20,22). The molecule has 0 spiro atoms. The Bertz CT molecular complexity index is 869. The molecule has 2 aromatic rings. The number of nitrogens with one attached hydrogen (secondary N) is 2. The number of hydrogen-bond donors (Lipinski definition) is 3. The Labute approximate surface area is 163 Å². The second kappa shape index (κ2) is 9.67. The molecule has 1 aromatic heterocycles. The van der Waals surface area contributed by atoms with Crippen LogP contribution < -0.4 is 20.1 Å². The van der Waals surface area contributed by atoms with E-state index in [0.717, 1.165) is 0 Å². The summed E-state index contributed by atoms with van der Waals surface area (Å²) in [5.74, 6) is -0.0154. The summed E-state index contributed by atoms with van der Waals surface area (Å²) in [5.41, 5.74) is 0.181. The average molecular weight is 409 g/mol. The summed E-state index contributed by atoms with van der Waals surface area (Å²) in [6.07, 6.45) is 0. The zero-order valence-corrected chi connectivity index (χ0v) is 16.1. The molecule has 0 saturated heterocycles. The summed E-state index contributed by atoms with van der Waals surface area (Å²) in [5, 5.41) is 3.39. The first-order chi connectivity index (χ1) is 13.4. The molecule has 10 nitrogen and oxygen atoms in total. The molecule has 2 amide bonds. The number of rotatable bonds is 7. The molecule has 0 aliphatic heterocycles. The van der Waals surface area contributed by atoms with Gasteiger partial charge in [0.1, 0.15) is 11.6 Å². The predicted octanol–water partition coefficient (Wildman–Crippen LogP) is 1.93. The van der Waals surface area contributed by atoms with Gasteiger partial charge >= 0.3 is 12.0 Å². The Hall–Kier alpha value is -3.18. The van der Waals surface area contributed by atoms with Crippen molar-refractivity contribution in [3.05, 3.63) is 47.5 Å². The highest BCUT2D eigenvalue weighted by molar-refractivity contribution is 7.79. The highest BCUT2D eigenvalue weighted by Gasteiger charge is 2.26. The van der Waals surface area contributed by atoms with Gasteiger partial charge in [-0.2, -0.15) is 4.98 Å². The number of ether oxygens (including phenoxy) is 3. The fourth-order valence-electron chi connectivity index (χ4n) is 2.30. The molecule has 2 atom stereocenters. The van der Waals surface area contributed by atoms with Crippen molar-refractivity contribution in [2.45, 2.75) is 5.37 Å². The van der Waals surface area contributed by atoms with Gasteiger partial charge in [0.05, 0.1) is 26.9 Å². The van der Waals surface area contributed by atoms with E-state index in [-0.39, 0.29) is 22.8 Å². The maximum Gasteiger partial charge on any atom is 0.338 e. The van der Waals surface area contributed by atoms with Gasteiger partial charge in [-0.3, -0.25) is 5.32 Å². The van der Waals surface area contributed by atoms with Crippen LogP contribution in [-0.2, 0) is 15.8 Å². The quantitative estimate of drug-likeness (QED) is 0.466. The number of anilines is 1. The number of benzene rings is 1. The number of aromatic nitrogens is 1. The second-order valence-corrected chi connectivity index (χ2v) is 6.29. The molecule has 2 rings (SSSR count). The average Bonchev–Trinajstić information content (AvgIpc) is 2.70. The van der Waals surface area contributed by atoms with Crippen LogP contribution in [0.5, 0.6) is 11.6 Å². The van der Waals surface area contributed by atoms with Gasteiger partial charge in [0.2, 0.25) is 5.88 Å². The van der Waals surface area contributed by atoms with E-state index in [0.29, 0.717) is 5.75 Å². The third kappa shape index (κ3) is 5.18. The second-order valence-electron chi connectivity index (χ2n) is 5.27. The third-order valence-electron chi connectivity index (χ3n) is 3.57. The van der Waals surface area contributed by atoms with Crippen molar-refractivity contribution in [3.8, 4) is 11.6 Å². The summed E-state index contributed by atoms with van der Waals surface area (Å²) in [6, 6.07) is 8.13. The van der Waals surface area contributed by atoms with Crippen molar-refractivity contribution in [1.29, 1.82) is 0 Å². The number of methoxy groups -OCH3 is 3. The Morgan fingerprint density at radius 2 is 1.86 bits per heavy atom. The molecular weight excluding hydrogens is 390 g/mol. The smallest absolute Gasteiger partial charge is 0.338 e. The Kier molecular flexibility index (Phi) is 7.29. The van der Waals surface area contributed by atoms with Gasteiger partial charge in [-0.1, -0.05) is 18.2 Å². The van der Waals surface area contributed by atoms with E-state index in [9.17, 15) is 18.4 Å². The van der Waals surface area contributed by atoms with Crippen LogP contribution >= 0.6 is 0 Å². The van der Waals surface area contributed by atoms with E-state index in [2.05, 4.69) is 20.4 Å². The predicted molar refractivity (Wildman–Crippen MR) is 101 cm³/mol. The van der Waals surface area contributed by atoms with Crippen LogP contribution in [0.15, 0.2) is 36.4 Å². The number of esters is 1. The topological polar surface area (TPSA) is 136 Å². The van der Waals surface area contributed by atoms with Crippen LogP contribution in [0, 0.1) is 0 Å². The number of pyridine rings is 1. The fourth-order valence-corrected chi connectivity index (χ4v) is 2.93. The lowest BCUT2D eigenvalue weighted by atomic mass is 10.1. The lowest BCUT2D eigenvalue weighted by Crippen LogP contribution is -2.35. The van der Waals surface area contributed by atoms with Gasteiger partial charge in [-0.15, -0.1) is 0 Å². The van der Waals surface area contributed by atoms with Crippen molar-refractivity contribution < 1.29 is 32.6 Å². The molecule has 0 aliphatic rings. The number of carbonyl (C=O) groups excluding carboxylic acids is 2. The van der Waals surface area contributed by atoms with E-state index in [1.807, 2.05) is 0 Å². The molecule has 150 valence electrons. The van der Waals surface area contributed by atoms with Gasteiger partial charge in [0.25, 0.3) is 0 Å². The van der Waals surface area contributed by atoms with E-state index < -0.39 is 28.5 Å². The zero-order valence-electron chi connectivity index (χ0n) is 15.3. The molecule has 0 saturated carbocycles. The number of urea groups is 1. The van der Waals surface area contributed by atoms with E-state index in [4.69, 9.17) is 9.47 Å². The molecule has 11 heteroatoms. The van der Waals surface area contributed by atoms with Crippen LogP contribution in [-0.4, -0.2) is 47.1 Å². The summed E-state index contributed by atoms with van der Waals surface area (Å²) >= 11 is -2.52. The highest BCUT2D eigenvalue weighted by Crippen LogP contribution is 2.23. The fraction of sp³-hybridized carbons (Fsp3) is 0.235. The largest absolute Gasteiger partial charge is 0.496 e. The maximum atomic E-state index is 12.3. The summed E-state index contributed by atoms with van der Waals surface area (Å²) in [4.78, 5) is 28.3. The van der Waals surface area contributed by atoms with Gasteiger partial charge in [0, 0.05) is 17.7 Å². The number of amides is 2. The zero-order chi connectivity index (χ0) is 20.7. The van der Waals surface area contributed by atoms with Gasteiger partial charge in [0.15, 0.2) is 16.5 Å². The van der Waals surface area contributed by atoms with E-state index >= 15 is 0 Å². The van der Waals surface area contributed by atoms with E-state index in [1.165, 1.54) is 45.6 Å². The van der Waals surface area contributed by atoms with Gasteiger partial charge in [-0.05, 0) is 6.07 Å². The monoisotopic (exact) mass is 409 g/mol. The van der Waals surface area contributed by atoms with Crippen molar-refractivity contribution in [3.63, 3.8) is 0 Å². The van der Waals surface area contributed by atoms with Crippen LogP contribution in [0.4, 0.5) is 10.6 Å². The minimum Gasteiger partial charge on any atom is -0.496 e. The van der Waals surface area contributed by atoms with Gasteiger partial charge < -0.3 is 24.1 Å². The molecule has 28 heavy (non-hydrogen) atoms. The maximum absolute atomic E-state index is 12.3. The first-order valence-electron chi connectivity index (χ1n) is 7.84. The molecule has 0 bridgehead atoms. The van der Waals surface area contributed by atoms with Crippen LogP contribution in [0.3, 0.4) is 0 Å². The van der Waals surface area contributed by atoms with Crippen molar-refractivity contribution in [1.82, 2.24) is 10.3 Å². The number of hydrogen-bond acceptors (Lipinski definition) is 7. The third-order valence-corrected chi connectivity index (χ3v) is 4.35. The molecule has 0 radical (unpaired) electrons. The summed E-state index contributed by atoms with van der Waals surface area (Å²) in [6.45, 7) is 0. The van der Waals surface area contributed by atoms with Crippen molar-refractivity contribution in [2.75, 3.05) is 26.6 Å². The SMILES string of the molecule is COC(=O)c1ccccc1C(NC(=O)Nc1cc(OC)cc(OC)n1)S(=O)O. The van der Waals surface area contributed by atoms with Crippen LogP contribution in [0.2, 0.25) is 0 Å². The minimum atomic E-state index is -2.52. The van der Waals surface area contributed by atoms with Crippen molar-refractivity contribution >= 4 is 28.9 Å². The Balaban J connectivity index is 2.26. The molecule has 2 unspecified atom stereocenters. The first-order valence-corrected chi connectivity index (χ1v) is 9.01. The molecule has 1 heterocycles. The molecule has 1 aromatic carbocycles. The Morgan fingerprint density at radius 1 is 1.14 bits per heavy atom. The summed E-state index contributed by atoms with van der Waals surface area (Å²) < 4.78 is 36.2. The molecular formula is C17H19N3O7S. The van der Waals surface area contributed by atoms with Crippen LogP contribution in [0.1, 0.15) is 21.3 Å². The van der Waals surface area contributed by atoms with Gasteiger partial charge in [-0.25, -0.2) is 13.8 Å². The summed E-state index contributed by atoms with van der Waals surface area (Å²) in [7, 11) is 4.03. The molecule has 0 fully saturated rings. The van der Waals surface area contributed by atoms with Crippen molar-refractivity contribution in [2.24, 2.45) is 0 Å². The number of carbonyl (C=O) groups is 2. The molecule has 3 N–H and O–H groups in total. The highest BCUT2D eigenvalue weighted by atomic mass is 32.2. The Morgan fingerprint density at radius 3 is 2.46 bits per heavy atom. The van der Waals surface area contributed by atoms with E-state index in [1.54, 1.807) is 12.1 Å². The minimum absolute atomic E-state index is 0.0545.